The van der Waals surface area contributed by atoms with Gasteiger partial charge in [0.05, 0.1) is 12.2 Å². The van der Waals surface area contributed by atoms with Gasteiger partial charge in [0.15, 0.2) is 0 Å². The number of hydrogen-bond acceptors (Lipinski definition) is 5. The highest BCUT2D eigenvalue weighted by molar-refractivity contribution is 7.09. The van der Waals surface area contributed by atoms with Crippen LogP contribution in [0.1, 0.15) is 26.8 Å². The number of pyridine rings is 1. The second-order valence-corrected chi connectivity index (χ2v) is 5.25. The Kier molecular flexibility index (Phi) is 3.77. The summed E-state index contributed by atoms with van der Waals surface area (Å²) in [5.74, 6) is 4.61. The molecule has 0 radical (unpaired) electrons. The van der Waals surface area contributed by atoms with E-state index in [1.807, 2.05) is 19.3 Å². The third-order valence-electron chi connectivity index (χ3n) is 2.87. The number of hydrogen-bond donors (Lipinski definition) is 2. The molecule has 2 aromatic rings. The lowest BCUT2D eigenvalue weighted by Gasteiger charge is -2.06. The smallest absolute Gasteiger partial charge is 0.297 e. The van der Waals surface area contributed by atoms with Crippen molar-refractivity contribution >= 4 is 17.2 Å². The minimum absolute atomic E-state index is 0.0227. The fraction of sp³-hybridized carbons (Fsp3) is 0.250. The van der Waals surface area contributed by atoms with E-state index in [0.29, 0.717) is 12.2 Å². The van der Waals surface area contributed by atoms with Crippen molar-refractivity contribution in [3.8, 4) is 0 Å². The summed E-state index contributed by atoms with van der Waals surface area (Å²) in [5, 5.41) is 0. The van der Waals surface area contributed by atoms with Crippen molar-refractivity contribution < 1.29 is 4.79 Å². The fourth-order valence-electron chi connectivity index (χ4n) is 1.70. The summed E-state index contributed by atoms with van der Waals surface area (Å²) >= 11 is 1.21. The first-order valence-electron chi connectivity index (χ1n) is 5.66. The number of carbonyl (C=O) groups excluding carboxylic acids is 1. The van der Waals surface area contributed by atoms with Gasteiger partial charge in [-0.25, -0.2) is 10.8 Å². The summed E-state index contributed by atoms with van der Waals surface area (Å²) in [7, 11) is 0. The van der Waals surface area contributed by atoms with E-state index < -0.39 is 5.91 Å². The second kappa shape index (κ2) is 5.33. The Bertz CT molecular complexity index is 675. The highest BCUT2D eigenvalue weighted by Gasteiger charge is 2.10. The molecule has 2 aromatic heterocycles. The van der Waals surface area contributed by atoms with E-state index in [0.717, 1.165) is 10.6 Å². The van der Waals surface area contributed by atoms with Gasteiger partial charge in [-0.1, -0.05) is 17.4 Å². The molecule has 0 aliphatic rings. The number of amides is 1. The number of hydrazine groups is 1. The van der Waals surface area contributed by atoms with Crippen LogP contribution in [0.5, 0.6) is 0 Å². The average Bonchev–Trinajstić information content (AvgIpc) is 2.65. The van der Waals surface area contributed by atoms with Crippen LogP contribution in [0.4, 0.5) is 0 Å². The van der Waals surface area contributed by atoms with E-state index in [9.17, 15) is 9.59 Å². The molecule has 0 bridgehead atoms. The molecule has 19 heavy (non-hydrogen) atoms. The van der Waals surface area contributed by atoms with Crippen molar-refractivity contribution in [2.24, 2.45) is 5.84 Å². The Morgan fingerprint density at radius 2 is 2.21 bits per heavy atom. The van der Waals surface area contributed by atoms with Crippen LogP contribution in [0.25, 0.3) is 0 Å². The maximum atomic E-state index is 11.8. The SMILES string of the molecule is Cc1sc(=O)n(Cc2cccc(C(=O)NN)n2)c1C. The molecule has 0 aromatic carbocycles. The van der Waals surface area contributed by atoms with E-state index in [-0.39, 0.29) is 10.6 Å². The first-order valence-corrected chi connectivity index (χ1v) is 6.48. The Balaban J connectivity index is 2.34. The number of aryl methyl sites for hydroxylation is 1. The van der Waals surface area contributed by atoms with Gasteiger partial charge in [0.25, 0.3) is 5.91 Å². The van der Waals surface area contributed by atoms with E-state index in [1.165, 1.54) is 11.3 Å². The molecule has 1 amide bonds. The summed E-state index contributed by atoms with van der Waals surface area (Å²) in [6.07, 6.45) is 0. The first kappa shape index (κ1) is 13.4. The zero-order valence-electron chi connectivity index (χ0n) is 10.6. The van der Waals surface area contributed by atoms with E-state index in [4.69, 9.17) is 5.84 Å². The zero-order valence-corrected chi connectivity index (χ0v) is 11.5. The van der Waals surface area contributed by atoms with Crippen LogP contribution in [0, 0.1) is 13.8 Å². The maximum Gasteiger partial charge on any atom is 0.307 e. The van der Waals surface area contributed by atoms with E-state index in [2.05, 4.69) is 4.98 Å². The van der Waals surface area contributed by atoms with Gasteiger partial charge >= 0.3 is 4.87 Å². The predicted molar refractivity (Wildman–Crippen MR) is 73.0 cm³/mol. The number of nitrogens with one attached hydrogen (secondary N) is 1. The Morgan fingerprint density at radius 3 is 2.79 bits per heavy atom. The normalized spacial score (nSPS) is 10.5. The van der Waals surface area contributed by atoms with Crippen molar-refractivity contribution in [3.05, 3.63) is 49.8 Å². The van der Waals surface area contributed by atoms with Gasteiger partial charge in [-0.2, -0.15) is 0 Å². The quantitative estimate of drug-likeness (QED) is 0.488. The molecular formula is C12H14N4O2S. The zero-order chi connectivity index (χ0) is 14.0. The summed E-state index contributed by atoms with van der Waals surface area (Å²) < 4.78 is 1.65. The molecule has 0 fully saturated rings. The third kappa shape index (κ3) is 2.72. The van der Waals surface area contributed by atoms with Crippen LogP contribution in [-0.2, 0) is 6.54 Å². The highest BCUT2D eigenvalue weighted by Crippen LogP contribution is 2.11. The third-order valence-corrected chi connectivity index (χ3v) is 3.86. The summed E-state index contributed by atoms with van der Waals surface area (Å²) in [6.45, 7) is 4.15. The average molecular weight is 278 g/mol. The topological polar surface area (TPSA) is 90.0 Å². The number of thiazole rings is 1. The Labute approximate surface area is 113 Å². The molecule has 100 valence electrons. The van der Waals surface area contributed by atoms with Crippen molar-refractivity contribution in [2.45, 2.75) is 20.4 Å². The molecule has 2 heterocycles. The van der Waals surface area contributed by atoms with Gasteiger partial charge < -0.3 is 0 Å². The minimum atomic E-state index is -0.451. The number of nitrogen functional groups attached to an aromatic ring is 1. The second-order valence-electron chi connectivity index (χ2n) is 4.08. The molecule has 0 aliphatic heterocycles. The van der Waals surface area contributed by atoms with Crippen LogP contribution in [0.15, 0.2) is 23.0 Å². The van der Waals surface area contributed by atoms with Gasteiger partial charge in [0, 0.05) is 10.6 Å². The summed E-state index contributed by atoms with van der Waals surface area (Å²) in [6, 6.07) is 5.05. The number of nitrogens with two attached hydrogens (primary N) is 1. The van der Waals surface area contributed by atoms with Crippen LogP contribution in [-0.4, -0.2) is 15.5 Å². The van der Waals surface area contributed by atoms with Crippen molar-refractivity contribution in [1.29, 1.82) is 0 Å². The summed E-state index contributed by atoms with van der Waals surface area (Å²) in [5.41, 5.74) is 3.83. The maximum absolute atomic E-state index is 11.8. The predicted octanol–water partition coefficient (Wildman–Crippen LogP) is 0.573. The molecule has 6 nitrogen and oxygen atoms in total. The molecule has 7 heteroatoms. The minimum Gasteiger partial charge on any atom is -0.297 e. The molecule has 0 saturated carbocycles. The largest absolute Gasteiger partial charge is 0.307 e. The van der Waals surface area contributed by atoms with E-state index >= 15 is 0 Å². The van der Waals surface area contributed by atoms with Gasteiger partial charge in [-0.3, -0.25) is 19.6 Å². The highest BCUT2D eigenvalue weighted by atomic mass is 32.1. The number of aromatic nitrogens is 2. The molecule has 0 atom stereocenters. The molecule has 0 aliphatic carbocycles. The number of rotatable bonds is 3. The van der Waals surface area contributed by atoms with Crippen LogP contribution >= 0.6 is 11.3 Å². The Morgan fingerprint density at radius 1 is 1.47 bits per heavy atom. The van der Waals surface area contributed by atoms with Gasteiger partial charge in [0.1, 0.15) is 5.69 Å². The Hall–Kier alpha value is -1.99. The van der Waals surface area contributed by atoms with Gasteiger partial charge in [0.2, 0.25) is 0 Å². The standard InChI is InChI=1S/C12H14N4O2S/c1-7-8(2)19-12(18)16(7)6-9-4-3-5-10(14-9)11(17)15-13/h3-5H,6,13H2,1-2H3,(H,15,17). The first-order chi connectivity index (χ1) is 9.02. The van der Waals surface area contributed by atoms with E-state index in [1.54, 1.807) is 22.8 Å². The monoisotopic (exact) mass is 278 g/mol. The molecule has 3 N–H and O–H groups in total. The lowest BCUT2D eigenvalue weighted by Crippen LogP contribution is -2.31. The van der Waals surface area contributed by atoms with Crippen molar-refractivity contribution in [3.63, 3.8) is 0 Å². The van der Waals surface area contributed by atoms with Crippen molar-refractivity contribution in [2.75, 3.05) is 0 Å². The number of nitrogens with zero attached hydrogens (tertiary/aromatic N) is 2. The van der Waals surface area contributed by atoms with Crippen LogP contribution < -0.4 is 16.1 Å². The molecule has 2 rings (SSSR count). The van der Waals surface area contributed by atoms with Gasteiger partial charge in [-0.15, -0.1) is 0 Å². The van der Waals surface area contributed by atoms with Gasteiger partial charge in [-0.05, 0) is 26.0 Å². The lowest BCUT2D eigenvalue weighted by atomic mass is 10.3. The molecular weight excluding hydrogens is 264 g/mol. The van der Waals surface area contributed by atoms with Crippen LogP contribution in [0.3, 0.4) is 0 Å². The summed E-state index contributed by atoms with van der Waals surface area (Å²) in [4.78, 5) is 28.3. The van der Waals surface area contributed by atoms with Crippen molar-refractivity contribution in [1.82, 2.24) is 15.0 Å². The number of carbonyl (C=O) groups is 1. The molecule has 0 saturated heterocycles. The molecule has 0 unspecified atom stereocenters. The fourth-order valence-corrected chi connectivity index (χ4v) is 2.53. The van der Waals surface area contributed by atoms with Crippen LogP contribution in [0.2, 0.25) is 0 Å². The molecule has 0 spiro atoms. The lowest BCUT2D eigenvalue weighted by molar-refractivity contribution is 0.0948.